The van der Waals surface area contributed by atoms with Crippen LogP contribution in [0.3, 0.4) is 0 Å². The van der Waals surface area contributed by atoms with Crippen LogP contribution in [0.25, 0.3) is 0 Å². The van der Waals surface area contributed by atoms with Crippen molar-refractivity contribution in [3.63, 3.8) is 0 Å². The largest absolute Gasteiger partial charge is 0.377 e. The highest BCUT2D eigenvalue weighted by atomic mass is 32.1. The van der Waals surface area contributed by atoms with Gasteiger partial charge in [0.25, 0.3) is 0 Å². The van der Waals surface area contributed by atoms with Crippen LogP contribution >= 0.6 is 11.3 Å². The summed E-state index contributed by atoms with van der Waals surface area (Å²) < 4.78 is 5.63. The van der Waals surface area contributed by atoms with E-state index < -0.39 is 0 Å². The number of thiophene rings is 1. The molecule has 2 rings (SSSR count). The molecule has 0 spiro atoms. The molecule has 3 heteroatoms. The van der Waals surface area contributed by atoms with Gasteiger partial charge in [0.2, 0.25) is 0 Å². The predicted molar refractivity (Wildman–Crippen MR) is 59.5 cm³/mol. The molecule has 2 nitrogen and oxygen atoms in total. The zero-order valence-corrected chi connectivity index (χ0v) is 9.35. The molecule has 0 aromatic carbocycles. The smallest absolute Gasteiger partial charge is 0.0725 e. The van der Waals surface area contributed by atoms with Crippen molar-refractivity contribution in [2.24, 2.45) is 5.92 Å². The van der Waals surface area contributed by atoms with E-state index in [2.05, 4.69) is 29.8 Å². The Hall–Kier alpha value is -0.380. The van der Waals surface area contributed by atoms with Gasteiger partial charge in [-0.1, -0.05) is 13.0 Å². The monoisotopic (exact) mass is 211 g/mol. The number of rotatable bonds is 4. The fourth-order valence-electron chi connectivity index (χ4n) is 1.77. The standard InChI is InChI=1S/C11H17NOS/c1-9-4-5-13-11(9)8-12-7-10-3-2-6-14-10/h2-3,6,9,11-12H,4-5,7-8H2,1H3. The van der Waals surface area contributed by atoms with Crippen LogP contribution in [0.5, 0.6) is 0 Å². The van der Waals surface area contributed by atoms with Crippen molar-refractivity contribution < 1.29 is 4.74 Å². The van der Waals surface area contributed by atoms with E-state index in [9.17, 15) is 0 Å². The summed E-state index contributed by atoms with van der Waals surface area (Å²) in [5.41, 5.74) is 0. The second-order valence-electron chi connectivity index (χ2n) is 3.89. The average Bonchev–Trinajstić information content (AvgIpc) is 2.78. The predicted octanol–water partition coefficient (Wildman–Crippen LogP) is 2.26. The lowest BCUT2D eigenvalue weighted by Crippen LogP contribution is -2.29. The Morgan fingerprint density at radius 1 is 1.64 bits per heavy atom. The number of ether oxygens (including phenoxy) is 1. The third-order valence-corrected chi connectivity index (χ3v) is 3.64. The SMILES string of the molecule is CC1CCOC1CNCc1cccs1. The van der Waals surface area contributed by atoms with Gasteiger partial charge in [-0.05, 0) is 23.8 Å². The molecule has 2 heterocycles. The Kier molecular flexibility index (Phi) is 3.56. The molecule has 0 aliphatic carbocycles. The van der Waals surface area contributed by atoms with Gasteiger partial charge in [0.05, 0.1) is 6.10 Å². The minimum absolute atomic E-state index is 0.426. The molecule has 2 atom stereocenters. The van der Waals surface area contributed by atoms with E-state index >= 15 is 0 Å². The number of nitrogens with one attached hydrogen (secondary N) is 1. The van der Waals surface area contributed by atoms with Gasteiger partial charge in [-0.15, -0.1) is 11.3 Å². The van der Waals surface area contributed by atoms with Crippen LogP contribution in [-0.2, 0) is 11.3 Å². The van der Waals surface area contributed by atoms with Crippen molar-refractivity contribution >= 4 is 11.3 Å². The summed E-state index contributed by atoms with van der Waals surface area (Å²) in [5.74, 6) is 0.714. The molecule has 1 aliphatic rings. The van der Waals surface area contributed by atoms with Gasteiger partial charge < -0.3 is 10.1 Å². The maximum atomic E-state index is 5.63. The first-order chi connectivity index (χ1) is 6.86. The van der Waals surface area contributed by atoms with Gasteiger partial charge in [-0.2, -0.15) is 0 Å². The number of hydrogen-bond donors (Lipinski definition) is 1. The lowest BCUT2D eigenvalue weighted by atomic mass is 10.0. The van der Waals surface area contributed by atoms with E-state index in [0.717, 1.165) is 19.7 Å². The summed E-state index contributed by atoms with van der Waals surface area (Å²) in [5, 5.41) is 5.56. The Morgan fingerprint density at radius 3 is 3.21 bits per heavy atom. The van der Waals surface area contributed by atoms with Crippen molar-refractivity contribution in [3.05, 3.63) is 22.4 Å². The first-order valence-corrected chi connectivity index (χ1v) is 6.09. The van der Waals surface area contributed by atoms with Crippen LogP contribution < -0.4 is 5.32 Å². The summed E-state index contributed by atoms with van der Waals surface area (Å²) in [7, 11) is 0. The maximum absolute atomic E-state index is 5.63. The van der Waals surface area contributed by atoms with Crippen LogP contribution in [0.1, 0.15) is 18.2 Å². The van der Waals surface area contributed by atoms with Gasteiger partial charge in [0.15, 0.2) is 0 Å². The van der Waals surface area contributed by atoms with E-state index in [1.807, 2.05) is 0 Å². The van der Waals surface area contributed by atoms with Crippen LogP contribution in [0.2, 0.25) is 0 Å². The zero-order valence-electron chi connectivity index (χ0n) is 8.53. The molecule has 1 saturated heterocycles. The Bertz CT molecular complexity index is 260. The molecular formula is C11H17NOS. The van der Waals surface area contributed by atoms with Crippen molar-refractivity contribution in [3.8, 4) is 0 Å². The molecule has 78 valence electrons. The zero-order chi connectivity index (χ0) is 9.80. The van der Waals surface area contributed by atoms with Crippen LogP contribution in [-0.4, -0.2) is 19.3 Å². The molecule has 14 heavy (non-hydrogen) atoms. The Morgan fingerprint density at radius 2 is 2.57 bits per heavy atom. The highest BCUT2D eigenvalue weighted by Crippen LogP contribution is 2.19. The Labute approximate surface area is 89.3 Å². The molecular weight excluding hydrogens is 194 g/mol. The van der Waals surface area contributed by atoms with Gasteiger partial charge in [0, 0.05) is 24.6 Å². The summed E-state index contributed by atoms with van der Waals surface area (Å²) in [6.45, 7) is 5.17. The molecule has 2 unspecified atom stereocenters. The van der Waals surface area contributed by atoms with E-state index in [4.69, 9.17) is 4.74 Å². The van der Waals surface area contributed by atoms with E-state index in [-0.39, 0.29) is 0 Å². The summed E-state index contributed by atoms with van der Waals surface area (Å²) in [6.07, 6.45) is 1.64. The van der Waals surface area contributed by atoms with Crippen LogP contribution in [0, 0.1) is 5.92 Å². The molecule has 0 saturated carbocycles. The second kappa shape index (κ2) is 4.91. The first kappa shape index (κ1) is 10.1. The molecule has 1 aromatic rings. The minimum atomic E-state index is 0.426. The topological polar surface area (TPSA) is 21.3 Å². The van der Waals surface area contributed by atoms with Gasteiger partial charge >= 0.3 is 0 Å². The van der Waals surface area contributed by atoms with Crippen molar-refractivity contribution in [2.75, 3.05) is 13.2 Å². The summed E-state index contributed by atoms with van der Waals surface area (Å²) in [4.78, 5) is 1.40. The van der Waals surface area contributed by atoms with Crippen LogP contribution in [0.4, 0.5) is 0 Å². The van der Waals surface area contributed by atoms with Crippen LogP contribution in [0.15, 0.2) is 17.5 Å². The normalized spacial score (nSPS) is 26.9. The lowest BCUT2D eigenvalue weighted by Gasteiger charge is -2.14. The minimum Gasteiger partial charge on any atom is -0.377 e. The quantitative estimate of drug-likeness (QED) is 0.825. The molecule has 1 aromatic heterocycles. The third-order valence-electron chi connectivity index (χ3n) is 2.76. The fraction of sp³-hybridized carbons (Fsp3) is 0.636. The van der Waals surface area contributed by atoms with Crippen molar-refractivity contribution in [1.82, 2.24) is 5.32 Å². The third kappa shape index (κ3) is 2.56. The highest BCUT2D eigenvalue weighted by molar-refractivity contribution is 7.09. The van der Waals surface area contributed by atoms with E-state index in [0.29, 0.717) is 12.0 Å². The number of hydrogen-bond acceptors (Lipinski definition) is 3. The maximum Gasteiger partial charge on any atom is 0.0725 e. The fourth-order valence-corrected chi connectivity index (χ4v) is 2.44. The Balaban J connectivity index is 1.68. The van der Waals surface area contributed by atoms with Gasteiger partial charge in [-0.25, -0.2) is 0 Å². The summed E-state index contributed by atoms with van der Waals surface area (Å²) >= 11 is 1.80. The van der Waals surface area contributed by atoms with Gasteiger partial charge in [0.1, 0.15) is 0 Å². The highest BCUT2D eigenvalue weighted by Gasteiger charge is 2.23. The van der Waals surface area contributed by atoms with Gasteiger partial charge in [-0.3, -0.25) is 0 Å². The van der Waals surface area contributed by atoms with E-state index in [1.54, 1.807) is 11.3 Å². The lowest BCUT2D eigenvalue weighted by molar-refractivity contribution is 0.0932. The molecule has 1 N–H and O–H groups in total. The summed E-state index contributed by atoms with van der Waals surface area (Å²) in [6, 6.07) is 4.26. The van der Waals surface area contributed by atoms with Crippen molar-refractivity contribution in [2.45, 2.75) is 26.0 Å². The first-order valence-electron chi connectivity index (χ1n) is 5.21. The molecule has 1 aliphatic heterocycles. The second-order valence-corrected chi connectivity index (χ2v) is 4.92. The molecule has 1 fully saturated rings. The van der Waals surface area contributed by atoms with Crippen molar-refractivity contribution in [1.29, 1.82) is 0 Å². The van der Waals surface area contributed by atoms with E-state index in [1.165, 1.54) is 11.3 Å². The molecule has 0 bridgehead atoms. The average molecular weight is 211 g/mol. The molecule has 0 amide bonds. The molecule has 0 radical (unpaired) electrons.